The minimum absolute atomic E-state index is 0.351. The summed E-state index contributed by atoms with van der Waals surface area (Å²) in [6.07, 6.45) is -5.50. The van der Waals surface area contributed by atoms with Crippen LogP contribution in [0.3, 0.4) is 0 Å². The summed E-state index contributed by atoms with van der Waals surface area (Å²) in [5.74, 6) is -2.31. The minimum atomic E-state index is -4.90. The first kappa shape index (κ1) is 17.1. The van der Waals surface area contributed by atoms with Crippen LogP contribution in [0.2, 0.25) is 0 Å². The second-order valence-electron chi connectivity index (χ2n) is 3.74. The number of hydrogen-bond donors (Lipinski definition) is 0. The Hall–Kier alpha value is -1.00. The fourth-order valence-electron chi connectivity index (χ4n) is 1.13. The van der Waals surface area contributed by atoms with Gasteiger partial charge in [0.15, 0.2) is 10.6 Å². The fraction of sp³-hybridized carbons (Fsp3) is 0.444. The molecule has 0 fully saturated rings. The number of ether oxygens (including phenoxy) is 1. The molecule has 0 amide bonds. The molecule has 11 heteroatoms. The van der Waals surface area contributed by atoms with E-state index in [1.165, 1.54) is 13.8 Å². The van der Waals surface area contributed by atoms with Gasteiger partial charge in [-0.25, -0.2) is 4.79 Å². The largest absolute Gasteiger partial charge is 0.459 e. The van der Waals surface area contributed by atoms with Gasteiger partial charge in [0.2, 0.25) is 0 Å². The molecule has 0 saturated carbocycles. The Morgan fingerprint density at radius 3 is 2.35 bits per heavy atom. The molecular weight excluding hydrogens is 345 g/mol. The van der Waals surface area contributed by atoms with Crippen LogP contribution in [0.15, 0.2) is 5.38 Å². The maximum atomic E-state index is 12.7. The first-order valence-electron chi connectivity index (χ1n) is 4.95. The molecule has 0 radical (unpaired) electrons. The maximum Gasteiger partial charge on any atom is 0.420 e. The van der Waals surface area contributed by atoms with Crippen molar-refractivity contribution in [2.45, 2.75) is 26.1 Å². The number of esters is 1. The van der Waals surface area contributed by atoms with Gasteiger partial charge in [-0.1, -0.05) is 0 Å². The first-order valence-corrected chi connectivity index (χ1v) is 8.07. The number of carbonyl (C=O) groups is 1. The molecule has 114 valence electrons. The molecule has 0 N–H and O–H groups in total. The Morgan fingerprint density at radius 1 is 1.40 bits per heavy atom. The molecule has 0 bridgehead atoms. The number of rotatable bonds is 4. The van der Waals surface area contributed by atoms with E-state index in [1.807, 2.05) is 0 Å². The van der Waals surface area contributed by atoms with E-state index in [9.17, 15) is 26.4 Å². The van der Waals surface area contributed by atoms with Crippen molar-refractivity contribution in [1.29, 1.82) is 0 Å². The predicted molar refractivity (Wildman–Crippen MR) is 65.3 cm³/mol. The standard InChI is InChI=1S/C9H8ClF3O5S2/c1-4(2)17-8(14)7-6(18-20(10,15)16)5(3-19-7)9(11,12)13/h3-4H,1-2H3. The summed E-state index contributed by atoms with van der Waals surface area (Å²) in [6, 6.07) is 0. The lowest BCUT2D eigenvalue weighted by Crippen LogP contribution is -2.14. The Labute approximate surface area is 120 Å². The molecule has 20 heavy (non-hydrogen) atoms. The molecule has 5 nitrogen and oxygen atoms in total. The molecule has 0 aliphatic carbocycles. The van der Waals surface area contributed by atoms with Gasteiger partial charge < -0.3 is 8.92 Å². The Kier molecular flexibility index (Phi) is 4.93. The van der Waals surface area contributed by atoms with Crippen molar-refractivity contribution < 1.29 is 35.3 Å². The van der Waals surface area contributed by atoms with Crippen LogP contribution in [0.5, 0.6) is 5.75 Å². The summed E-state index contributed by atoms with van der Waals surface area (Å²) < 4.78 is 68.5. The van der Waals surface area contributed by atoms with Crippen LogP contribution in [0.25, 0.3) is 0 Å². The second-order valence-corrected chi connectivity index (χ2v) is 6.70. The fourth-order valence-corrected chi connectivity index (χ4v) is 2.63. The number of hydrogen-bond acceptors (Lipinski definition) is 6. The quantitative estimate of drug-likeness (QED) is 0.615. The average molecular weight is 353 g/mol. The number of carbonyl (C=O) groups excluding carboxylic acids is 1. The topological polar surface area (TPSA) is 69.7 Å². The van der Waals surface area contributed by atoms with Crippen LogP contribution in [-0.4, -0.2) is 20.5 Å². The van der Waals surface area contributed by atoms with Crippen LogP contribution >= 0.6 is 22.0 Å². The van der Waals surface area contributed by atoms with E-state index in [0.717, 1.165) is 0 Å². The van der Waals surface area contributed by atoms with Crippen molar-refractivity contribution in [2.24, 2.45) is 0 Å². The molecule has 1 aromatic heterocycles. The first-order chi connectivity index (χ1) is 8.92. The number of thiophene rings is 1. The lowest BCUT2D eigenvalue weighted by molar-refractivity contribution is -0.138. The molecule has 0 atom stereocenters. The van der Waals surface area contributed by atoms with E-state index in [0.29, 0.717) is 16.7 Å². The van der Waals surface area contributed by atoms with Gasteiger partial charge in [-0.15, -0.1) is 11.3 Å². The van der Waals surface area contributed by atoms with E-state index in [2.05, 4.69) is 4.18 Å². The van der Waals surface area contributed by atoms with Crippen LogP contribution in [-0.2, 0) is 20.2 Å². The highest BCUT2D eigenvalue weighted by Crippen LogP contribution is 2.43. The monoisotopic (exact) mass is 352 g/mol. The lowest BCUT2D eigenvalue weighted by atomic mass is 10.2. The molecule has 1 aromatic rings. The predicted octanol–water partition coefficient (Wildman–Crippen LogP) is 3.19. The van der Waals surface area contributed by atoms with E-state index in [-0.39, 0.29) is 0 Å². The summed E-state index contributed by atoms with van der Waals surface area (Å²) in [5.41, 5.74) is -1.41. The molecule has 0 aliphatic heterocycles. The van der Waals surface area contributed by atoms with E-state index in [1.54, 1.807) is 0 Å². The van der Waals surface area contributed by atoms with Gasteiger partial charge in [-0.3, -0.25) is 0 Å². The van der Waals surface area contributed by atoms with Crippen LogP contribution in [0, 0.1) is 0 Å². The molecule has 0 spiro atoms. The lowest BCUT2D eigenvalue weighted by Gasteiger charge is -2.10. The van der Waals surface area contributed by atoms with Crippen LogP contribution < -0.4 is 4.18 Å². The van der Waals surface area contributed by atoms with E-state index < -0.39 is 43.8 Å². The summed E-state index contributed by atoms with van der Waals surface area (Å²) in [7, 11) is 0.0210. The summed E-state index contributed by atoms with van der Waals surface area (Å²) >= 11 is 0.351. The minimum Gasteiger partial charge on any atom is -0.459 e. The van der Waals surface area contributed by atoms with Crippen molar-refractivity contribution in [3.63, 3.8) is 0 Å². The average Bonchev–Trinajstić information content (AvgIpc) is 2.56. The summed E-state index contributed by atoms with van der Waals surface area (Å²) in [4.78, 5) is 11.0. The Bertz CT molecular complexity index is 606. The molecule has 0 saturated heterocycles. The number of alkyl halides is 3. The Balaban J connectivity index is 3.32. The number of halogens is 4. The van der Waals surface area contributed by atoms with E-state index in [4.69, 9.17) is 15.4 Å². The molecule has 0 aromatic carbocycles. The van der Waals surface area contributed by atoms with Crippen molar-refractivity contribution in [2.75, 3.05) is 0 Å². The normalized spacial score (nSPS) is 12.6. The highest BCUT2D eigenvalue weighted by Gasteiger charge is 2.40. The third-order valence-electron chi connectivity index (χ3n) is 1.76. The van der Waals surface area contributed by atoms with Crippen molar-refractivity contribution in [3.8, 4) is 5.75 Å². The zero-order valence-corrected chi connectivity index (χ0v) is 12.4. The van der Waals surface area contributed by atoms with Gasteiger partial charge in [0, 0.05) is 5.38 Å². The zero-order valence-electron chi connectivity index (χ0n) is 10.0. The van der Waals surface area contributed by atoms with Gasteiger partial charge >= 0.3 is 21.5 Å². The van der Waals surface area contributed by atoms with Gasteiger partial charge in [0.25, 0.3) is 0 Å². The van der Waals surface area contributed by atoms with Gasteiger partial charge in [-0.05, 0) is 13.8 Å². The van der Waals surface area contributed by atoms with Crippen LogP contribution in [0.4, 0.5) is 13.2 Å². The molecule has 1 rings (SSSR count). The zero-order chi connectivity index (χ0) is 15.7. The second kappa shape index (κ2) is 5.78. The highest BCUT2D eigenvalue weighted by molar-refractivity contribution is 8.10. The SMILES string of the molecule is CC(C)OC(=O)c1scc(C(F)(F)F)c1OS(=O)(=O)Cl. The Morgan fingerprint density at radius 2 is 1.95 bits per heavy atom. The van der Waals surface area contributed by atoms with Gasteiger partial charge in [-0.2, -0.15) is 21.6 Å². The molecule has 0 unspecified atom stereocenters. The summed E-state index contributed by atoms with van der Waals surface area (Å²) in [6.45, 7) is 2.96. The molecule has 0 aliphatic rings. The highest BCUT2D eigenvalue weighted by atomic mass is 35.7. The third-order valence-corrected chi connectivity index (χ3v) is 3.26. The van der Waals surface area contributed by atoms with Crippen molar-refractivity contribution in [3.05, 3.63) is 15.8 Å². The van der Waals surface area contributed by atoms with Gasteiger partial charge in [0.1, 0.15) is 5.56 Å². The van der Waals surface area contributed by atoms with Crippen molar-refractivity contribution >= 4 is 37.3 Å². The smallest absolute Gasteiger partial charge is 0.420 e. The van der Waals surface area contributed by atoms with E-state index >= 15 is 0 Å². The summed E-state index contributed by atoms with van der Waals surface area (Å²) in [5, 5.41) is 0.550. The third kappa shape index (κ3) is 4.53. The van der Waals surface area contributed by atoms with Crippen LogP contribution in [0.1, 0.15) is 29.1 Å². The van der Waals surface area contributed by atoms with Gasteiger partial charge in [0.05, 0.1) is 16.8 Å². The maximum absolute atomic E-state index is 12.7. The van der Waals surface area contributed by atoms with Crippen molar-refractivity contribution in [1.82, 2.24) is 0 Å². The molecule has 1 heterocycles. The molecular formula is C9H8ClF3O5S2.